The molecule has 1 amide bonds. The van der Waals surface area contributed by atoms with Crippen LogP contribution in [-0.4, -0.2) is 27.8 Å². The molecule has 108 valence electrons. The Kier molecular flexibility index (Phi) is 4.55. The van der Waals surface area contributed by atoms with Crippen molar-refractivity contribution in [2.45, 2.75) is 40.2 Å². The quantitative estimate of drug-likeness (QED) is 0.870. The van der Waals surface area contributed by atoms with Gasteiger partial charge < -0.3 is 4.90 Å². The third-order valence-electron chi connectivity index (χ3n) is 3.28. The van der Waals surface area contributed by atoms with Gasteiger partial charge in [0.2, 0.25) is 5.91 Å². The average molecular weight is 309 g/mol. The van der Waals surface area contributed by atoms with Gasteiger partial charge >= 0.3 is 0 Å². The van der Waals surface area contributed by atoms with Crippen LogP contribution >= 0.6 is 22.7 Å². The number of rotatable bonds is 4. The molecule has 0 unspecified atom stereocenters. The zero-order valence-electron chi connectivity index (χ0n) is 12.4. The number of aromatic nitrogens is 2. The summed E-state index contributed by atoms with van der Waals surface area (Å²) < 4.78 is 0. The number of aryl methyl sites for hydroxylation is 3. The first-order valence-corrected chi connectivity index (χ1v) is 8.18. The summed E-state index contributed by atoms with van der Waals surface area (Å²) >= 11 is 3.20. The molecular weight excluding hydrogens is 290 g/mol. The lowest BCUT2D eigenvalue weighted by Gasteiger charge is -2.23. The number of carbonyl (C=O) groups excluding carboxylic acids is 1. The van der Waals surface area contributed by atoms with Crippen molar-refractivity contribution in [2.75, 3.05) is 7.05 Å². The van der Waals surface area contributed by atoms with Gasteiger partial charge in [0.05, 0.1) is 23.2 Å². The highest BCUT2D eigenvalue weighted by molar-refractivity contribution is 7.11. The van der Waals surface area contributed by atoms with E-state index in [1.807, 2.05) is 40.1 Å². The summed E-state index contributed by atoms with van der Waals surface area (Å²) in [6.07, 6.45) is 0.419. The molecular formula is C14H19N3OS2. The zero-order valence-corrected chi connectivity index (χ0v) is 14.1. The molecule has 20 heavy (non-hydrogen) atoms. The number of thiazole rings is 2. The van der Waals surface area contributed by atoms with Gasteiger partial charge in [0.25, 0.3) is 0 Å². The van der Waals surface area contributed by atoms with Crippen LogP contribution < -0.4 is 0 Å². The van der Waals surface area contributed by atoms with E-state index in [1.54, 1.807) is 27.6 Å². The minimum Gasteiger partial charge on any atom is -0.336 e. The number of hydrogen-bond donors (Lipinski definition) is 0. The summed E-state index contributed by atoms with van der Waals surface area (Å²) in [6.45, 7) is 7.91. The Hall–Kier alpha value is -1.27. The van der Waals surface area contributed by atoms with Gasteiger partial charge in [0.15, 0.2) is 0 Å². The van der Waals surface area contributed by atoms with Crippen molar-refractivity contribution in [3.63, 3.8) is 0 Å². The Morgan fingerprint density at radius 2 is 2.05 bits per heavy atom. The van der Waals surface area contributed by atoms with Crippen molar-refractivity contribution in [1.82, 2.24) is 14.9 Å². The molecule has 0 saturated carbocycles. The number of hydrogen-bond acceptors (Lipinski definition) is 5. The van der Waals surface area contributed by atoms with Crippen LogP contribution in [0.15, 0.2) is 5.38 Å². The van der Waals surface area contributed by atoms with Crippen LogP contribution in [0.4, 0.5) is 0 Å². The van der Waals surface area contributed by atoms with Gasteiger partial charge in [-0.25, -0.2) is 9.97 Å². The van der Waals surface area contributed by atoms with Crippen LogP contribution in [0.2, 0.25) is 0 Å². The first-order valence-electron chi connectivity index (χ1n) is 6.49. The fourth-order valence-electron chi connectivity index (χ4n) is 1.95. The van der Waals surface area contributed by atoms with Crippen molar-refractivity contribution in [3.8, 4) is 0 Å². The van der Waals surface area contributed by atoms with Gasteiger partial charge in [-0.2, -0.15) is 0 Å². The molecule has 2 aromatic heterocycles. The number of carbonyl (C=O) groups is 1. The lowest BCUT2D eigenvalue weighted by molar-refractivity contribution is -0.131. The molecule has 0 fully saturated rings. The van der Waals surface area contributed by atoms with E-state index in [0.29, 0.717) is 6.42 Å². The van der Waals surface area contributed by atoms with Gasteiger partial charge in [0.1, 0.15) is 5.01 Å². The van der Waals surface area contributed by atoms with Crippen molar-refractivity contribution < 1.29 is 4.79 Å². The fraction of sp³-hybridized carbons (Fsp3) is 0.500. The van der Waals surface area contributed by atoms with Crippen LogP contribution in [-0.2, 0) is 11.2 Å². The highest BCUT2D eigenvalue weighted by atomic mass is 32.1. The predicted octanol–water partition coefficient (Wildman–Crippen LogP) is 3.29. The zero-order chi connectivity index (χ0) is 14.9. The monoisotopic (exact) mass is 309 g/mol. The molecule has 0 aliphatic heterocycles. The van der Waals surface area contributed by atoms with Crippen LogP contribution in [0.1, 0.15) is 39.2 Å². The molecule has 0 spiro atoms. The first-order chi connectivity index (χ1) is 9.38. The maximum Gasteiger partial charge on any atom is 0.228 e. The fourth-order valence-corrected chi connectivity index (χ4v) is 3.77. The molecule has 0 aromatic carbocycles. The standard InChI is InChI=1S/C14H19N3OS2/c1-8-7-19-14(15-8)10(3)17(5)13(18)6-12-9(2)16-11(4)20-12/h7,10H,6H2,1-5H3/t10-/m1/s1. The van der Waals surface area contributed by atoms with Crippen LogP contribution in [0.25, 0.3) is 0 Å². The molecule has 0 saturated heterocycles. The molecule has 2 rings (SSSR count). The van der Waals surface area contributed by atoms with Gasteiger partial charge in [0, 0.05) is 23.0 Å². The molecule has 0 bridgehead atoms. The first kappa shape index (κ1) is 15.1. The third-order valence-corrected chi connectivity index (χ3v) is 5.49. The molecule has 4 nitrogen and oxygen atoms in total. The lowest BCUT2D eigenvalue weighted by Crippen LogP contribution is -2.30. The third kappa shape index (κ3) is 3.24. The van der Waals surface area contributed by atoms with E-state index in [-0.39, 0.29) is 11.9 Å². The molecule has 0 aliphatic rings. The molecule has 2 heterocycles. The largest absolute Gasteiger partial charge is 0.336 e. The van der Waals surface area contributed by atoms with Crippen molar-refractivity contribution in [2.24, 2.45) is 0 Å². The summed E-state index contributed by atoms with van der Waals surface area (Å²) in [6, 6.07) is 0.00974. The molecule has 0 radical (unpaired) electrons. The highest BCUT2D eigenvalue weighted by Crippen LogP contribution is 2.24. The van der Waals surface area contributed by atoms with E-state index >= 15 is 0 Å². The smallest absolute Gasteiger partial charge is 0.228 e. The summed E-state index contributed by atoms with van der Waals surface area (Å²) in [5, 5.41) is 4.01. The van der Waals surface area contributed by atoms with Crippen molar-refractivity contribution in [3.05, 3.63) is 31.7 Å². The number of amides is 1. The minimum absolute atomic E-state index is 0.00974. The van der Waals surface area contributed by atoms with Crippen LogP contribution in [0, 0.1) is 20.8 Å². The molecule has 0 aliphatic carbocycles. The Labute approximate surface area is 127 Å². The van der Waals surface area contributed by atoms with Gasteiger partial charge in [-0.15, -0.1) is 22.7 Å². The molecule has 2 aromatic rings. The van der Waals surface area contributed by atoms with E-state index in [0.717, 1.165) is 26.3 Å². The second-order valence-electron chi connectivity index (χ2n) is 4.93. The van der Waals surface area contributed by atoms with E-state index in [4.69, 9.17) is 0 Å². The summed E-state index contributed by atoms with van der Waals surface area (Å²) in [4.78, 5) is 24.0. The SMILES string of the molecule is Cc1csc([C@@H](C)N(C)C(=O)Cc2sc(C)nc2C)n1. The minimum atomic E-state index is 0.00974. The number of likely N-dealkylation sites (N-methyl/N-ethyl adjacent to an activating group) is 1. The maximum absolute atomic E-state index is 12.4. The second-order valence-corrected chi connectivity index (χ2v) is 7.10. The average Bonchev–Trinajstić information content (AvgIpc) is 2.94. The molecule has 0 N–H and O–H groups in total. The van der Waals surface area contributed by atoms with Gasteiger partial charge in [-0.3, -0.25) is 4.79 Å². The molecule has 6 heteroatoms. The molecule has 1 atom stereocenters. The van der Waals surface area contributed by atoms with Crippen LogP contribution in [0.5, 0.6) is 0 Å². The summed E-state index contributed by atoms with van der Waals surface area (Å²) in [5.41, 5.74) is 1.97. The van der Waals surface area contributed by atoms with Gasteiger partial charge in [-0.1, -0.05) is 0 Å². The maximum atomic E-state index is 12.4. The topological polar surface area (TPSA) is 46.1 Å². The van der Waals surface area contributed by atoms with Crippen molar-refractivity contribution >= 4 is 28.6 Å². The Morgan fingerprint density at radius 1 is 1.35 bits per heavy atom. The Morgan fingerprint density at radius 3 is 2.55 bits per heavy atom. The summed E-state index contributed by atoms with van der Waals surface area (Å²) in [5.74, 6) is 0.108. The van der Waals surface area contributed by atoms with E-state index in [1.165, 1.54) is 0 Å². The Balaban J connectivity index is 2.07. The van der Waals surface area contributed by atoms with E-state index in [2.05, 4.69) is 9.97 Å². The second kappa shape index (κ2) is 6.01. The summed E-state index contributed by atoms with van der Waals surface area (Å²) in [7, 11) is 1.84. The Bertz CT molecular complexity index is 618. The van der Waals surface area contributed by atoms with E-state index in [9.17, 15) is 4.79 Å². The van der Waals surface area contributed by atoms with E-state index < -0.39 is 0 Å². The predicted molar refractivity (Wildman–Crippen MR) is 83.3 cm³/mol. The van der Waals surface area contributed by atoms with Crippen molar-refractivity contribution in [1.29, 1.82) is 0 Å². The lowest BCUT2D eigenvalue weighted by atomic mass is 10.2. The number of nitrogens with zero attached hydrogens (tertiary/aromatic N) is 3. The van der Waals surface area contributed by atoms with Gasteiger partial charge in [-0.05, 0) is 27.7 Å². The van der Waals surface area contributed by atoms with Crippen LogP contribution in [0.3, 0.4) is 0 Å². The highest BCUT2D eigenvalue weighted by Gasteiger charge is 2.21. The normalized spacial score (nSPS) is 12.4.